The minimum absolute atomic E-state index is 0.00818. The summed E-state index contributed by atoms with van der Waals surface area (Å²) in [6.45, 7) is 5.53. The van der Waals surface area contributed by atoms with Gasteiger partial charge in [0.15, 0.2) is 11.5 Å². The van der Waals surface area contributed by atoms with Gasteiger partial charge in [-0.15, -0.1) is 0 Å². The Labute approximate surface area is 171 Å². The zero-order chi connectivity index (χ0) is 20.1. The number of rotatable bonds is 6. The smallest absolute Gasteiger partial charge is 0.225 e. The molecule has 4 rings (SSSR count). The van der Waals surface area contributed by atoms with Crippen molar-refractivity contribution >= 4 is 17.3 Å². The molecule has 2 aliphatic rings. The van der Waals surface area contributed by atoms with E-state index < -0.39 is 0 Å². The topological polar surface area (TPSA) is 63.3 Å². The molecule has 2 aromatic rings. The van der Waals surface area contributed by atoms with Crippen molar-refractivity contribution in [1.82, 2.24) is 4.90 Å². The fourth-order valence-electron chi connectivity index (χ4n) is 3.71. The van der Waals surface area contributed by atoms with Gasteiger partial charge in [0, 0.05) is 50.9 Å². The lowest BCUT2D eigenvalue weighted by Gasteiger charge is -2.36. The zero-order valence-corrected chi connectivity index (χ0v) is 16.7. The molecule has 0 radical (unpaired) electrons. The van der Waals surface area contributed by atoms with E-state index in [1.807, 2.05) is 36.4 Å². The standard InChI is InChI=1S/C22H27N3O4/c1-27-19-5-3-2-4-18(19)25-12-10-24(11-13-25)9-8-22(26)23-17-6-7-20-21(16-17)29-15-14-28-20/h2-7,16H,8-15H2,1H3,(H,23,26). The number of benzene rings is 2. The Balaban J connectivity index is 1.23. The predicted molar refractivity (Wildman–Crippen MR) is 112 cm³/mol. The second kappa shape index (κ2) is 9.05. The van der Waals surface area contributed by atoms with Crippen molar-refractivity contribution in [3.63, 3.8) is 0 Å². The lowest BCUT2D eigenvalue weighted by atomic mass is 10.2. The van der Waals surface area contributed by atoms with E-state index in [1.54, 1.807) is 7.11 Å². The second-order valence-corrected chi connectivity index (χ2v) is 7.16. The number of nitrogens with one attached hydrogen (secondary N) is 1. The third-order valence-corrected chi connectivity index (χ3v) is 5.28. The average Bonchev–Trinajstić information content (AvgIpc) is 2.78. The second-order valence-electron chi connectivity index (χ2n) is 7.16. The number of hydrogen-bond donors (Lipinski definition) is 1. The van der Waals surface area contributed by atoms with Gasteiger partial charge in [-0.1, -0.05) is 12.1 Å². The molecule has 0 bridgehead atoms. The normalized spacial score (nSPS) is 16.4. The molecule has 1 amide bonds. The first kappa shape index (κ1) is 19.4. The molecule has 1 saturated heterocycles. The maximum atomic E-state index is 12.4. The number of carbonyl (C=O) groups is 1. The summed E-state index contributed by atoms with van der Waals surface area (Å²) in [6, 6.07) is 13.6. The number of methoxy groups -OCH3 is 1. The molecule has 7 nitrogen and oxygen atoms in total. The van der Waals surface area contributed by atoms with E-state index in [1.165, 1.54) is 0 Å². The van der Waals surface area contributed by atoms with Crippen molar-refractivity contribution in [2.45, 2.75) is 6.42 Å². The van der Waals surface area contributed by atoms with Crippen molar-refractivity contribution in [3.05, 3.63) is 42.5 Å². The van der Waals surface area contributed by atoms with Crippen molar-refractivity contribution in [2.24, 2.45) is 0 Å². The van der Waals surface area contributed by atoms with Gasteiger partial charge in [0.05, 0.1) is 12.8 Å². The highest BCUT2D eigenvalue weighted by Gasteiger charge is 2.20. The Morgan fingerprint density at radius 2 is 1.79 bits per heavy atom. The third kappa shape index (κ3) is 4.74. The Hall–Kier alpha value is -2.93. The molecule has 7 heteroatoms. The molecule has 2 aliphatic heterocycles. The first-order valence-electron chi connectivity index (χ1n) is 10.0. The van der Waals surface area contributed by atoms with Gasteiger partial charge in [-0.3, -0.25) is 9.69 Å². The van der Waals surface area contributed by atoms with Crippen LogP contribution in [-0.2, 0) is 4.79 Å². The van der Waals surface area contributed by atoms with Crippen molar-refractivity contribution < 1.29 is 19.0 Å². The lowest BCUT2D eigenvalue weighted by molar-refractivity contribution is -0.116. The summed E-state index contributed by atoms with van der Waals surface area (Å²) >= 11 is 0. The van der Waals surface area contributed by atoms with Crippen LogP contribution < -0.4 is 24.4 Å². The molecule has 0 spiro atoms. The predicted octanol–water partition coefficient (Wildman–Crippen LogP) is 2.62. The molecule has 2 heterocycles. The van der Waals surface area contributed by atoms with E-state index in [0.29, 0.717) is 25.4 Å². The van der Waals surface area contributed by atoms with E-state index >= 15 is 0 Å². The minimum Gasteiger partial charge on any atom is -0.495 e. The zero-order valence-electron chi connectivity index (χ0n) is 16.7. The first-order valence-corrected chi connectivity index (χ1v) is 10.0. The molecule has 0 aliphatic carbocycles. The molecular weight excluding hydrogens is 370 g/mol. The average molecular weight is 397 g/mol. The van der Waals surface area contributed by atoms with Gasteiger partial charge in [0.2, 0.25) is 5.91 Å². The van der Waals surface area contributed by atoms with E-state index in [0.717, 1.165) is 55.6 Å². The monoisotopic (exact) mass is 397 g/mol. The SMILES string of the molecule is COc1ccccc1N1CCN(CCC(=O)Nc2ccc3c(c2)OCCO3)CC1. The fourth-order valence-corrected chi connectivity index (χ4v) is 3.71. The van der Waals surface area contributed by atoms with Crippen LogP contribution in [-0.4, -0.2) is 63.9 Å². The van der Waals surface area contributed by atoms with E-state index in [9.17, 15) is 4.79 Å². The minimum atomic E-state index is 0.00818. The van der Waals surface area contributed by atoms with Crippen LogP contribution in [0.2, 0.25) is 0 Å². The molecule has 154 valence electrons. The van der Waals surface area contributed by atoms with Gasteiger partial charge in [0.25, 0.3) is 0 Å². The van der Waals surface area contributed by atoms with Crippen molar-refractivity contribution in [3.8, 4) is 17.2 Å². The molecule has 0 saturated carbocycles. The van der Waals surface area contributed by atoms with Crippen LogP contribution in [0, 0.1) is 0 Å². The van der Waals surface area contributed by atoms with Gasteiger partial charge in [-0.05, 0) is 24.3 Å². The van der Waals surface area contributed by atoms with Gasteiger partial charge in [0.1, 0.15) is 19.0 Å². The number of para-hydroxylation sites is 2. The van der Waals surface area contributed by atoms with Gasteiger partial charge >= 0.3 is 0 Å². The summed E-state index contributed by atoms with van der Waals surface area (Å²) < 4.78 is 16.5. The molecule has 1 fully saturated rings. The Bertz CT molecular complexity index is 850. The summed E-state index contributed by atoms with van der Waals surface area (Å²) in [5.41, 5.74) is 1.87. The van der Waals surface area contributed by atoms with Crippen LogP contribution in [0.3, 0.4) is 0 Å². The largest absolute Gasteiger partial charge is 0.495 e. The van der Waals surface area contributed by atoms with Crippen LogP contribution >= 0.6 is 0 Å². The summed E-state index contributed by atoms with van der Waals surface area (Å²) in [7, 11) is 1.70. The molecule has 29 heavy (non-hydrogen) atoms. The summed E-state index contributed by atoms with van der Waals surface area (Å²) in [5, 5.41) is 2.95. The molecule has 1 N–H and O–H groups in total. The van der Waals surface area contributed by atoms with Crippen LogP contribution in [0.1, 0.15) is 6.42 Å². The van der Waals surface area contributed by atoms with Crippen LogP contribution in [0.25, 0.3) is 0 Å². The molecule has 0 aromatic heterocycles. The van der Waals surface area contributed by atoms with E-state index in [4.69, 9.17) is 14.2 Å². The van der Waals surface area contributed by atoms with Crippen LogP contribution in [0.15, 0.2) is 42.5 Å². The van der Waals surface area contributed by atoms with Crippen LogP contribution in [0.5, 0.6) is 17.2 Å². The quantitative estimate of drug-likeness (QED) is 0.809. The Morgan fingerprint density at radius 3 is 2.59 bits per heavy atom. The molecule has 0 atom stereocenters. The number of piperazine rings is 1. The number of nitrogens with zero attached hydrogens (tertiary/aromatic N) is 2. The lowest BCUT2D eigenvalue weighted by Crippen LogP contribution is -2.47. The number of carbonyl (C=O) groups excluding carboxylic acids is 1. The Kier molecular flexibility index (Phi) is 6.05. The number of amides is 1. The molecular formula is C22H27N3O4. The number of ether oxygens (including phenoxy) is 3. The number of hydrogen-bond acceptors (Lipinski definition) is 6. The number of anilines is 2. The molecule has 0 unspecified atom stereocenters. The Morgan fingerprint density at radius 1 is 1.03 bits per heavy atom. The first-order chi connectivity index (χ1) is 14.2. The van der Waals surface area contributed by atoms with Gasteiger partial charge in [-0.2, -0.15) is 0 Å². The maximum Gasteiger partial charge on any atom is 0.225 e. The summed E-state index contributed by atoms with van der Waals surface area (Å²) in [5.74, 6) is 2.32. The van der Waals surface area contributed by atoms with Crippen LogP contribution in [0.4, 0.5) is 11.4 Å². The highest BCUT2D eigenvalue weighted by atomic mass is 16.6. The summed E-state index contributed by atoms with van der Waals surface area (Å²) in [4.78, 5) is 17.0. The van der Waals surface area contributed by atoms with Crippen molar-refractivity contribution in [2.75, 3.05) is 63.3 Å². The van der Waals surface area contributed by atoms with E-state index in [-0.39, 0.29) is 5.91 Å². The highest BCUT2D eigenvalue weighted by Crippen LogP contribution is 2.32. The maximum absolute atomic E-state index is 12.4. The van der Waals surface area contributed by atoms with E-state index in [2.05, 4.69) is 21.2 Å². The third-order valence-electron chi connectivity index (χ3n) is 5.28. The fraction of sp³-hybridized carbons (Fsp3) is 0.409. The molecule has 2 aromatic carbocycles. The highest BCUT2D eigenvalue weighted by molar-refractivity contribution is 5.91. The number of fused-ring (bicyclic) bond motifs is 1. The van der Waals surface area contributed by atoms with Gasteiger partial charge in [-0.25, -0.2) is 0 Å². The summed E-state index contributed by atoms with van der Waals surface area (Å²) in [6.07, 6.45) is 0.461. The van der Waals surface area contributed by atoms with Gasteiger partial charge < -0.3 is 24.4 Å². The van der Waals surface area contributed by atoms with Crippen molar-refractivity contribution in [1.29, 1.82) is 0 Å².